The standard InChI is InChI=1S/C19H17F2IN2O5/c20-11-1-2-12(14(21)9-11)10-7-13(18(28)15(22)8-10)19(29)24-5-3-16(25)23-6-4-17(26)27/h1-2,7-9,28H,3-6H2,(H,23,25)(H,24,29)(H,26,27). The number of aromatic hydroxyl groups is 1. The number of benzene rings is 2. The number of phenols is 1. The van der Waals surface area contributed by atoms with Crippen molar-refractivity contribution in [3.8, 4) is 16.9 Å². The number of carbonyl (C=O) groups excluding carboxylic acids is 2. The van der Waals surface area contributed by atoms with E-state index in [0.29, 0.717) is 3.57 Å². The van der Waals surface area contributed by atoms with Crippen LogP contribution in [-0.4, -0.2) is 41.1 Å². The maximum absolute atomic E-state index is 14.1. The van der Waals surface area contributed by atoms with Gasteiger partial charge in [0.1, 0.15) is 17.4 Å². The van der Waals surface area contributed by atoms with Gasteiger partial charge in [0.25, 0.3) is 5.91 Å². The monoisotopic (exact) mass is 518 g/mol. The van der Waals surface area contributed by atoms with E-state index in [1.165, 1.54) is 18.2 Å². The average molecular weight is 518 g/mol. The van der Waals surface area contributed by atoms with Crippen molar-refractivity contribution in [2.75, 3.05) is 13.1 Å². The number of carbonyl (C=O) groups is 3. The molecule has 10 heteroatoms. The second-order valence-corrected chi connectivity index (χ2v) is 7.14. The summed E-state index contributed by atoms with van der Waals surface area (Å²) in [4.78, 5) is 34.4. The molecular weight excluding hydrogens is 501 g/mol. The molecule has 0 atom stereocenters. The molecule has 0 spiro atoms. The zero-order valence-corrected chi connectivity index (χ0v) is 17.1. The maximum Gasteiger partial charge on any atom is 0.305 e. The lowest BCUT2D eigenvalue weighted by atomic mass is 10.0. The van der Waals surface area contributed by atoms with Crippen LogP contribution in [0, 0.1) is 15.2 Å². The van der Waals surface area contributed by atoms with Gasteiger partial charge in [-0.15, -0.1) is 0 Å². The zero-order chi connectivity index (χ0) is 21.6. The minimum Gasteiger partial charge on any atom is -0.506 e. The van der Waals surface area contributed by atoms with Gasteiger partial charge in [-0.1, -0.05) is 0 Å². The first kappa shape index (κ1) is 22.5. The lowest BCUT2D eigenvalue weighted by Gasteiger charge is -2.12. The van der Waals surface area contributed by atoms with Crippen molar-refractivity contribution < 1.29 is 33.4 Å². The Bertz CT molecular complexity index is 952. The van der Waals surface area contributed by atoms with Crippen molar-refractivity contribution in [1.29, 1.82) is 0 Å². The Labute approximate surface area is 178 Å². The largest absolute Gasteiger partial charge is 0.506 e. The van der Waals surface area contributed by atoms with Crippen molar-refractivity contribution in [3.63, 3.8) is 0 Å². The quantitative estimate of drug-likeness (QED) is 0.402. The third-order valence-corrected chi connectivity index (χ3v) is 4.67. The fraction of sp³-hybridized carbons (Fsp3) is 0.211. The smallest absolute Gasteiger partial charge is 0.305 e. The van der Waals surface area contributed by atoms with Crippen molar-refractivity contribution in [2.45, 2.75) is 12.8 Å². The van der Waals surface area contributed by atoms with Crippen LogP contribution in [0.4, 0.5) is 8.78 Å². The van der Waals surface area contributed by atoms with E-state index in [1.54, 1.807) is 22.6 Å². The number of carboxylic acids is 1. The molecule has 29 heavy (non-hydrogen) atoms. The highest BCUT2D eigenvalue weighted by molar-refractivity contribution is 14.1. The molecule has 0 saturated heterocycles. The lowest BCUT2D eigenvalue weighted by molar-refractivity contribution is -0.136. The summed E-state index contributed by atoms with van der Waals surface area (Å²) in [5.74, 6) is -4.01. The molecule has 0 radical (unpaired) electrons. The van der Waals surface area contributed by atoms with E-state index in [0.717, 1.165) is 12.1 Å². The van der Waals surface area contributed by atoms with E-state index in [2.05, 4.69) is 10.6 Å². The first-order valence-corrected chi connectivity index (χ1v) is 9.51. The summed E-state index contributed by atoms with van der Waals surface area (Å²) in [5.41, 5.74) is 0.222. The second-order valence-electron chi connectivity index (χ2n) is 5.98. The van der Waals surface area contributed by atoms with Crippen LogP contribution < -0.4 is 10.6 Å². The SMILES string of the molecule is O=C(O)CCNC(=O)CCNC(=O)c1cc(-c2ccc(F)cc2F)cc(I)c1O. The number of phenolic OH excluding ortho intramolecular Hbond substituents is 1. The molecule has 0 saturated carbocycles. The molecule has 0 fully saturated rings. The van der Waals surface area contributed by atoms with E-state index in [1.807, 2.05) is 0 Å². The minimum absolute atomic E-state index is 0.0215. The third kappa shape index (κ3) is 6.38. The Kier molecular flexibility index (Phi) is 7.88. The van der Waals surface area contributed by atoms with Crippen LogP contribution in [0.3, 0.4) is 0 Å². The minimum atomic E-state index is -1.04. The molecule has 2 aromatic rings. The Morgan fingerprint density at radius 1 is 1.00 bits per heavy atom. The van der Waals surface area contributed by atoms with Gasteiger partial charge in [-0.3, -0.25) is 14.4 Å². The first-order chi connectivity index (χ1) is 13.7. The molecule has 0 aliphatic heterocycles. The number of aliphatic carboxylic acids is 1. The molecule has 7 nitrogen and oxygen atoms in total. The number of carboxylic acid groups (broad SMARTS) is 1. The molecule has 2 amide bonds. The summed E-state index contributed by atoms with van der Waals surface area (Å²) >= 11 is 1.78. The van der Waals surface area contributed by atoms with Crippen LogP contribution in [-0.2, 0) is 9.59 Å². The van der Waals surface area contributed by atoms with Crippen LogP contribution in [0.25, 0.3) is 11.1 Å². The predicted molar refractivity (Wildman–Crippen MR) is 108 cm³/mol. The maximum atomic E-state index is 14.1. The zero-order valence-electron chi connectivity index (χ0n) is 15.0. The van der Waals surface area contributed by atoms with Crippen LogP contribution >= 0.6 is 22.6 Å². The predicted octanol–water partition coefficient (Wildman–Crippen LogP) is 2.65. The number of halogens is 3. The molecule has 2 rings (SSSR count). The van der Waals surface area contributed by atoms with Gasteiger partial charge in [0.2, 0.25) is 5.91 Å². The Morgan fingerprint density at radius 2 is 1.69 bits per heavy atom. The van der Waals surface area contributed by atoms with Gasteiger partial charge in [-0.25, -0.2) is 8.78 Å². The van der Waals surface area contributed by atoms with Gasteiger partial charge in [0, 0.05) is 31.1 Å². The van der Waals surface area contributed by atoms with E-state index in [4.69, 9.17) is 5.11 Å². The lowest BCUT2D eigenvalue weighted by Crippen LogP contribution is -2.31. The van der Waals surface area contributed by atoms with Crippen LogP contribution in [0.2, 0.25) is 0 Å². The average Bonchev–Trinajstić information content (AvgIpc) is 2.63. The van der Waals surface area contributed by atoms with Crippen LogP contribution in [0.15, 0.2) is 30.3 Å². The molecule has 154 valence electrons. The second kappa shape index (κ2) is 10.1. The van der Waals surface area contributed by atoms with Crippen molar-refractivity contribution in [3.05, 3.63) is 51.1 Å². The normalized spacial score (nSPS) is 10.4. The van der Waals surface area contributed by atoms with Gasteiger partial charge in [-0.05, 0) is 52.4 Å². The summed E-state index contributed by atoms with van der Waals surface area (Å²) in [5, 5.41) is 23.5. The van der Waals surface area contributed by atoms with Crippen molar-refractivity contribution >= 4 is 40.4 Å². The summed E-state index contributed by atoms with van der Waals surface area (Å²) in [7, 11) is 0. The molecule has 2 aromatic carbocycles. The fourth-order valence-electron chi connectivity index (χ4n) is 2.43. The van der Waals surface area contributed by atoms with E-state index < -0.39 is 29.4 Å². The number of rotatable bonds is 8. The first-order valence-electron chi connectivity index (χ1n) is 8.43. The number of hydrogen-bond acceptors (Lipinski definition) is 4. The molecule has 4 N–H and O–H groups in total. The highest BCUT2D eigenvalue weighted by atomic mass is 127. The van der Waals surface area contributed by atoms with Crippen molar-refractivity contribution in [2.24, 2.45) is 0 Å². The fourth-order valence-corrected chi connectivity index (χ4v) is 3.06. The highest BCUT2D eigenvalue weighted by Gasteiger charge is 2.18. The molecule has 0 heterocycles. The number of nitrogens with one attached hydrogen (secondary N) is 2. The van der Waals surface area contributed by atoms with E-state index in [-0.39, 0.29) is 48.4 Å². The molecule has 0 bridgehead atoms. The van der Waals surface area contributed by atoms with E-state index >= 15 is 0 Å². The summed E-state index contributed by atoms with van der Waals surface area (Å²) in [6, 6.07) is 5.77. The summed E-state index contributed by atoms with van der Waals surface area (Å²) < 4.78 is 27.5. The molecule has 0 aromatic heterocycles. The molecule has 0 aliphatic carbocycles. The van der Waals surface area contributed by atoms with Gasteiger partial charge >= 0.3 is 5.97 Å². The van der Waals surface area contributed by atoms with Gasteiger partial charge < -0.3 is 20.8 Å². The van der Waals surface area contributed by atoms with Crippen LogP contribution in [0.1, 0.15) is 23.2 Å². The molecule has 0 unspecified atom stereocenters. The third-order valence-electron chi connectivity index (χ3n) is 3.85. The van der Waals surface area contributed by atoms with Gasteiger partial charge in [0.05, 0.1) is 15.6 Å². The Balaban J connectivity index is 2.07. The summed E-state index contributed by atoms with van der Waals surface area (Å²) in [6.07, 6.45) is -0.299. The number of amides is 2. The van der Waals surface area contributed by atoms with Crippen molar-refractivity contribution in [1.82, 2.24) is 10.6 Å². The van der Waals surface area contributed by atoms with Gasteiger partial charge in [0.15, 0.2) is 0 Å². The van der Waals surface area contributed by atoms with Crippen LogP contribution in [0.5, 0.6) is 5.75 Å². The summed E-state index contributed by atoms with van der Waals surface area (Å²) in [6.45, 7) is -0.0741. The molecular formula is C19H17F2IN2O5. The van der Waals surface area contributed by atoms with Gasteiger partial charge in [-0.2, -0.15) is 0 Å². The number of hydrogen-bond donors (Lipinski definition) is 4. The Morgan fingerprint density at radius 3 is 2.34 bits per heavy atom. The highest BCUT2D eigenvalue weighted by Crippen LogP contribution is 2.32. The molecule has 0 aliphatic rings. The Hall–Kier alpha value is -2.76. The topological polar surface area (TPSA) is 116 Å². The van der Waals surface area contributed by atoms with E-state index in [9.17, 15) is 28.3 Å².